The van der Waals surface area contributed by atoms with Crippen molar-refractivity contribution in [3.05, 3.63) is 93.4 Å². The van der Waals surface area contributed by atoms with Gasteiger partial charge >= 0.3 is 5.82 Å². The Morgan fingerprint density at radius 2 is 1.81 bits per heavy atom. The van der Waals surface area contributed by atoms with Crippen molar-refractivity contribution in [3.8, 4) is 0 Å². The third-order valence-corrected chi connectivity index (χ3v) is 4.11. The van der Waals surface area contributed by atoms with Crippen LogP contribution in [0.3, 0.4) is 0 Å². The molecule has 0 saturated carbocycles. The molecule has 0 spiro atoms. The molecule has 0 fully saturated rings. The van der Waals surface area contributed by atoms with E-state index in [0.29, 0.717) is 11.4 Å². The van der Waals surface area contributed by atoms with Gasteiger partial charge in [-0.25, -0.2) is 18.3 Å². The van der Waals surface area contributed by atoms with Crippen molar-refractivity contribution in [1.29, 1.82) is 0 Å². The van der Waals surface area contributed by atoms with Gasteiger partial charge in [0.15, 0.2) is 5.82 Å². The molecule has 0 aliphatic rings. The van der Waals surface area contributed by atoms with Crippen molar-refractivity contribution in [1.82, 2.24) is 9.55 Å². The SMILES string of the molecule is Cc1ncc([N+](=O)[O-])n1CCOC(c1ccccc1)c1cc(F)cc(F)c1. The number of imidazole rings is 1. The second-order valence-corrected chi connectivity index (χ2v) is 5.94. The zero-order valence-electron chi connectivity index (χ0n) is 14.5. The molecule has 1 atom stereocenters. The summed E-state index contributed by atoms with van der Waals surface area (Å²) in [5, 5.41) is 11.1. The molecule has 0 N–H and O–H groups in total. The van der Waals surface area contributed by atoms with Crippen LogP contribution >= 0.6 is 0 Å². The van der Waals surface area contributed by atoms with E-state index in [0.717, 1.165) is 11.6 Å². The lowest BCUT2D eigenvalue weighted by atomic mass is 10.0. The summed E-state index contributed by atoms with van der Waals surface area (Å²) in [5.41, 5.74) is 1.05. The van der Waals surface area contributed by atoms with E-state index in [1.807, 2.05) is 6.07 Å². The Bertz CT molecular complexity index is 924. The van der Waals surface area contributed by atoms with E-state index in [1.54, 1.807) is 31.2 Å². The summed E-state index contributed by atoms with van der Waals surface area (Å²) in [6, 6.07) is 12.2. The van der Waals surface area contributed by atoms with E-state index >= 15 is 0 Å². The van der Waals surface area contributed by atoms with Gasteiger partial charge in [0.05, 0.1) is 6.61 Å². The second kappa shape index (κ2) is 8.05. The van der Waals surface area contributed by atoms with E-state index in [4.69, 9.17) is 4.74 Å². The van der Waals surface area contributed by atoms with Crippen molar-refractivity contribution in [2.75, 3.05) is 6.61 Å². The van der Waals surface area contributed by atoms with Gasteiger partial charge in [-0.05, 0) is 28.2 Å². The molecule has 8 heteroatoms. The largest absolute Gasteiger partial charge is 0.365 e. The Labute approximate surface area is 154 Å². The van der Waals surface area contributed by atoms with Crippen LogP contribution in [-0.2, 0) is 11.3 Å². The minimum absolute atomic E-state index is 0.0930. The average Bonchev–Trinajstić information content (AvgIpc) is 2.99. The highest BCUT2D eigenvalue weighted by molar-refractivity contribution is 5.31. The molecule has 1 heterocycles. The van der Waals surface area contributed by atoms with Crippen molar-refractivity contribution < 1.29 is 18.4 Å². The Kier molecular flexibility index (Phi) is 5.56. The highest BCUT2D eigenvalue weighted by Gasteiger charge is 2.20. The summed E-state index contributed by atoms with van der Waals surface area (Å²) in [6.45, 7) is 1.93. The molecule has 6 nitrogen and oxygen atoms in total. The van der Waals surface area contributed by atoms with E-state index in [2.05, 4.69) is 4.98 Å². The molecular formula is C19H17F2N3O3. The van der Waals surface area contributed by atoms with Gasteiger partial charge in [-0.15, -0.1) is 0 Å². The first-order chi connectivity index (χ1) is 13.0. The number of nitrogens with zero attached hydrogens (tertiary/aromatic N) is 3. The molecule has 2 aromatic carbocycles. The number of ether oxygens (including phenoxy) is 1. The molecule has 0 amide bonds. The molecule has 0 radical (unpaired) electrons. The predicted molar refractivity (Wildman–Crippen MR) is 94.2 cm³/mol. The maximum absolute atomic E-state index is 13.7. The molecule has 1 unspecified atom stereocenters. The molecule has 27 heavy (non-hydrogen) atoms. The van der Waals surface area contributed by atoms with Crippen molar-refractivity contribution in [2.24, 2.45) is 0 Å². The molecule has 0 saturated heterocycles. The standard InChI is InChI=1S/C19H17F2N3O3/c1-13-22-12-18(24(25)26)23(13)7-8-27-19(14-5-3-2-4-6-14)15-9-16(20)11-17(21)10-15/h2-6,9-12,19H,7-8H2,1H3. The molecule has 0 aliphatic heterocycles. The van der Waals surface area contributed by atoms with Gasteiger partial charge in [0.1, 0.15) is 30.5 Å². The number of halogens is 2. The zero-order chi connectivity index (χ0) is 19.4. The zero-order valence-corrected chi connectivity index (χ0v) is 14.5. The quantitative estimate of drug-likeness (QED) is 0.460. The lowest BCUT2D eigenvalue weighted by Crippen LogP contribution is -2.14. The van der Waals surface area contributed by atoms with E-state index in [-0.39, 0.29) is 19.0 Å². The number of rotatable bonds is 7. The van der Waals surface area contributed by atoms with Gasteiger partial charge < -0.3 is 14.9 Å². The fourth-order valence-electron chi connectivity index (χ4n) is 2.88. The predicted octanol–water partition coefficient (Wildman–Crippen LogP) is 4.18. The molecule has 3 rings (SSSR count). The number of nitro groups is 1. The van der Waals surface area contributed by atoms with Crippen molar-refractivity contribution in [2.45, 2.75) is 19.6 Å². The summed E-state index contributed by atoms with van der Waals surface area (Å²) < 4.78 is 34.6. The monoisotopic (exact) mass is 373 g/mol. The lowest BCUT2D eigenvalue weighted by Gasteiger charge is -2.19. The maximum Gasteiger partial charge on any atom is 0.342 e. The van der Waals surface area contributed by atoms with Crippen LogP contribution in [-0.4, -0.2) is 21.1 Å². The molecule has 140 valence electrons. The summed E-state index contributed by atoms with van der Waals surface area (Å²) in [5.74, 6) is -1.05. The first-order valence-electron chi connectivity index (χ1n) is 8.25. The van der Waals surface area contributed by atoms with Crippen LogP contribution in [0.25, 0.3) is 0 Å². The topological polar surface area (TPSA) is 70.2 Å². The lowest BCUT2D eigenvalue weighted by molar-refractivity contribution is -0.392. The minimum atomic E-state index is -0.709. The molecule has 0 bridgehead atoms. The normalized spacial score (nSPS) is 12.1. The van der Waals surface area contributed by atoms with Gasteiger partial charge in [0.2, 0.25) is 0 Å². The molecular weight excluding hydrogens is 356 g/mol. The van der Waals surface area contributed by atoms with Gasteiger partial charge in [-0.3, -0.25) is 0 Å². The number of aromatic nitrogens is 2. The fraction of sp³-hybridized carbons (Fsp3) is 0.211. The summed E-state index contributed by atoms with van der Waals surface area (Å²) in [7, 11) is 0. The van der Waals surface area contributed by atoms with Crippen LogP contribution in [0.5, 0.6) is 0 Å². The summed E-state index contributed by atoms with van der Waals surface area (Å²) >= 11 is 0. The molecule has 0 aliphatic carbocycles. The Hall–Kier alpha value is -3.13. The smallest absolute Gasteiger partial charge is 0.342 e. The van der Waals surface area contributed by atoms with Crippen molar-refractivity contribution >= 4 is 5.82 Å². The van der Waals surface area contributed by atoms with Crippen LogP contribution in [0.2, 0.25) is 0 Å². The highest BCUT2D eigenvalue weighted by atomic mass is 19.1. The van der Waals surface area contributed by atoms with Gasteiger partial charge in [-0.1, -0.05) is 30.3 Å². The summed E-state index contributed by atoms with van der Waals surface area (Å²) in [4.78, 5) is 14.5. The maximum atomic E-state index is 13.7. The number of hydrogen-bond donors (Lipinski definition) is 0. The minimum Gasteiger partial charge on any atom is -0.365 e. The average molecular weight is 373 g/mol. The van der Waals surface area contributed by atoms with Crippen LogP contribution in [0.15, 0.2) is 54.7 Å². The number of hydrogen-bond acceptors (Lipinski definition) is 4. The first kappa shape index (κ1) is 18.7. The Balaban J connectivity index is 1.83. The number of benzene rings is 2. The van der Waals surface area contributed by atoms with Crippen LogP contribution in [0, 0.1) is 28.7 Å². The first-order valence-corrected chi connectivity index (χ1v) is 8.25. The molecule has 1 aromatic heterocycles. The van der Waals surface area contributed by atoms with Crippen molar-refractivity contribution in [3.63, 3.8) is 0 Å². The number of aryl methyl sites for hydroxylation is 1. The van der Waals surface area contributed by atoms with Crippen LogP contribution in [0.1, 0.15) is 23.1 Å². The third kappa shape index (κ3) is 4.35. The summed E-state index contributed by atoms with van der Waals surface area (Å²) in [6.07, 6.45) is 0.477. The Morgan fingerprint density at radius 3 is 2.44 bits per heavy atom. The van der Waals surface area contributed by atoms with Gasteiger partial charge in [0.25, 0.3) is 0 Å². The second-order valence-electron chi connectivity index (χ2n) is 5.94. The highest BCUT2D eigenvalue weighted by Crippen LogP contribution is 2.27. The van der Waals surface area contributed by atoms with Gasteiger partial charge in [0, 0.05) is 13.0 Å². The third-order valence-electron chi connectivity index (χ3n) is 4.11. The van der Waals surface area contributed by atoms with E-state index in [1.165, 1.54) is 22.9 Å². The van der Waals surface area contributed by atoms with Crippen LogP contribution in [0.4, 0.5) is 14.6 Å². The van der Waals surface area contributed by atoms with E-state index < -0.39 is 22.7 Å². The Morgan fingerprint density at radius 1 is 1.15 bits per heavy atom. The van der Waals surface area contributed by atoms with E-state index in [9.17, 15) is 18.9 Å². The van der Waals surface area contributed by atoms with Gasteiger partial charge in [-0.2, -0.15) is 0 Å². The molecule has 3 aromatic rings. The fourth-order valence-corrected chi connectivity index (χ4v) is 2.88. The van der Waals surface area contributed by atoms with Crippen LogP contribution < -0.4 is 0 Å².